The molecule has 11 nitrogen and oxygen atoms in total. The second kappa shape index (κ2) is 9.16. The third-order valence-corrected chi connectivity index (χ3v) is 8.24. The topological polar surface area (TPSA) is 148 Å². The average molecular weight is 472 g/mol. The molecule has 3 heterocycles. The number of nitrogens with zero attached hydrogens (tertiary/aromatic N) is 3. The van der Waals surface area contributed by atoms with Gasteiger partial charge in [0.1, 0.15) is 11.5 Å². The predicted octanol–water partition coefficient (Wildman–Crippen LogP) is 3.31. The molecule has 3 rings (SSSR count). The lowest BCUT2D eigenvalue weighted by atomic mass is 10.2. The number of nitrogens with one attached hydrogen (secondary N) is 2. The molecule has 3 aromatic rings. The van der Waals surface area contributed by atoms with Crippen LogP contribution in [-0.2, 0) is 10.0 Å². The molecule has 0 radical (unpaired) electrons. The monoisotopic (exact) mass is 471 g/mol. The third kappa shape index (κ3) is 4.48. The van der Waals surface area contributed by atoms with Crippen molar-refractivity contribution in [1.82, 2.24) is 9.46 Å². The number of furan rings is 1. The summed E-state index contributed by atoms with van der Waals surface area (Å²) >= 11 is 0.854. The maximum Gasteiger partial charge on any atom is 0.324 e. The summed E-state index contributed by atoms with van der Waals surface area (Å²) in [7, 11) is -3.86. The van der Waals surface area contributed by atoms with E-state index in [9.17, 15) is 18.7 Å². The van der Waals surface area contributed by atoms with Crippen LogP contribution in [0.5, 0.6) is 5.75 Å². The second-order valence-electron chi connectivity index (χ2n) is 6.68. The summed E-state index contributed by atoms with van der Waals surface area (Å²) in [6.45, 7) is 7.72. The largest absolute Gasteiger partial charge is 0.503 e. The van der Waals surface area contributed by atoms with Crippen LogP contribution in [0.1, 0.15) is 44.8 Å². The fraction of sp³-hybridized carbons (Fsp3) is 0.444. The minimum Gasteiger partial charge on any atom is -0.503 e. The highest BCUT2D eigenvalue weighted by Crippen LogP contribution is 2.41. The van der Waals surface area contributed by atoms with Crippen molar-refractivity contribution in [2.75, 3.05) is 23.7 Å². The molecule has 31 heavy (non-hydrogen) atoms. The maximum atomic E-state index is 12.7. The molecular formula is C18H25N5O6S2. The van der Waals surface area contributed by atoms with Crippen LogP contribution in [0.25, 0.3) is 0 Å². The Morgan fingerprint density at radius 2 is 2.03 bits per heavy atom. The van der Waals surface area contributed by atoms with Gasteiger partial charge in [-0.05, 0) is 30.6 Å². The number of hydrogen-bond donors (Lipinski definition) is 3. The summed E-state index contributed by atoms with van der Waals surface area (Å²) < 4.78 is 36.8. The van der Waals surface area contributed by atoms with Gasteiger partial charge in [0.25, 0.3) is 15.8 Å². The predicted molar refractivity (Wildman–Crippen MR) is 115 cm³/mol. The molecule has 0 saturated carbocycles. The van der Waals surface area contributed by atoms with Crippen LogP contribution in [0.4, 0.5) is 17.3 Å². The van der Waals surface area contributed by atoms with Crippen LogP contribution < -0.4 is 15.5 Å². The number of sulfonamides is 1. The quantitative estimate of drug-likeness (QED) is 0.379. The van der Waals surface area contributed by atoms with Crippen molar-refractivity contribution in [3.8, 4) is 5.75 Å². The van der Waals surface area contributed by atoms with E-state index < -0.39 is 15.8 Å². The van der Waals surface area contributed by atoms with Crippen molar-refractivity contribution < 1.29 is 27.5 Å². The number of hydrogen-bond acceptors (Lipinski definition) is 10. The number of aromatic hydroxyl groups is 1. The van der Waals surface area contributed by atoms with Gasteiger partial charge in [0, 0.05) is 18.5 Å². The normalized spacial score (nSPS) is 12.9. The zero-order valence-electron chi connectivity index (χ0n) is 17.6. The van der Waals surface area contributed by atoms with E-state index in [1.54, 1.807) is 13.8 Å². The molecule has 1 atom stereocenters. The molecule has 0 aromatic carbocycles. The molecule has 170 valence electrons. The van der Waals surface area contributed by atoms with E-state index in [1.165, 1.54) is 9.69 Å². The lowest BCUT2D eigenvalue weighted by Crippen LogP contribution is -2.30. The Balaban J connectivity index is 1.88. The molecule has 3 N–H and O–H groups in total. The van der Waals surface area contributed by atoms with Gasteiger partial charge in [0.15, 0.2) is 15.6 Å². The Hall–Kier alpha value is -2.77. The highest BCUT2D eigenvalue weighted by Gasteiger charge is 2.31. The lowest BCUT2D eigenvalue weighted by Gasteiger charge is -2.17. The van der Waals surface area contributed by atoms with Crippen molar-refractivity contribution >= 4 is 38.7 Å². The minimum atomic E-state index is -3.86. The lowest BCUT2D eigenvalue weighted by molar-refractivity contribution is -0.790. The van der Waals surface area contributed by atoms with Gasteiger partial charge in [-0.2, -0.15) is 4.31 Å². The van der Waals surface area contributed by atoms with E-state index in [4.69, 9.17) is 9.05 Å². The number of rotatable bonds is 10. The maximum absolute atomic E-state index is 12.7. The molecule has 0 bridgehead atoms. The molecule has 0 spiro atoms. The van der Waals surface area contributed by atoms with E-state index >= 15 is 0 Å². The van der Waals surface area contributed by atoms with Gasteiger partial charge in [0.2, 0.25) is 0 Å². The van der Waals surface area contributed by atoms with Crippen molar-refractivity contribution in [2.45, 2.75) is 44.4 Å². The first-order valence-corrected chi connectivity index (χ1v) is 12.0. The smallest absolute Gasteiger partial charge is 0.324 e. The molecule has 3 aromatic heterocycles. The van der Waals surface area contributed by atoms with E-state index in [0.717, 1.165) is 17.1 Å². The highest BCUT2D eigenvalue weighted by atomic mass is 32.2. The number of aryl methyl sites for hydroxylation is 1. The Bertz CT molecular complexity index is 1130. The van der Waals surface area contributed by atoms with Crippen LogP contribution in [-0.4, -0.2) is 36.1 Å². The van der Waals surface area contributed by atoms with Gasteiger partial charge in [-0.15, -0.1) is 11.3 Å². The van der Waals surface area contributed by atoms with Crippen LogP contribution in [0.3, 0.4) is 0 Å². The zero-order valence-corrected chi connectivity index (χ0v) is 19.2. The average Bonchev–Trinajstić information content (AvgIpc) is 3.42. The van der Waals surface area contributed by atoms with Crippen LogP contribution in [0.15, 0.2) is 30.8 Å². The van der Waals surface area contributed by atoms with Gasteiger partial charge in [-0.3, -0.25) is 5.32 Å². The van der Waals surface area contributed by atoms with Gasteiger partial charge in [-0.1, -0.05) is 25.7 Å². The fourth-order valence-electron chi connectivity index (χ4n) is 3.04. The summed E-state index contributed by atoms with van der Waals surface area (Å²) in [4.78, 5) is 0.137. The summed E-state index contributed by atoms with van der Waals surface area (Å²) in [5.41, 5.74) is 0.0495. The summed E-state index contributed by atoms with van der Waals surface area (Å²) in [6.07, 6.45) is 0.633. The molecule has 13 heteroatoms. The first-order chi connectivity index (χ1) is 14.7. The van der Waals surface area contributed by atoms with Crippen LogP contribution in [0.2, 0.25) is 0 Å². The SMILES string of the molecule is CC[C@@H](Nc1no[n+]([O-])c1Nc1csc(S(=O)(=O)N(CC)CC)c1O)c1ccc(C)o1. The zero-order chi connectivity index (χ0) is 22.8. The third-order valence-electron chi connectivity index (χ3n) is 4.70. The Morgan fingerprint density at radius 3 is 2.61 bits per heavy atom. The summed E-state index contributed by atoms with van der Waals surface area (Å²) in [6, 6.07) is 3.37. The molecule has 0 aliphatic heterocycles. The van der Waals surface area contributed by atoms with Crippen molar-refractivity contribution in [2.24, 2.45) is 0 Å². The standard InChI is InChI=1S/C18H25N5O6S2/c1-5-12(14-9-8-11(4)28-14)19-16-17(23(25)29-21-16)20-13-10-30-18(15(13)24)31(26,27)22(6-2)7-3/h8-10,12,20,24H,5-7H2,1-4H3,(H,19,21)/t12-/m1/s1. The molecule has 0 aliphatic rings. The first-order valence-electron chi connectivity index (χ1n) is 9.73. The van der Waals surface area contributed by atoms with Gasteiger partial charge in [0.05, 0.1) is 6.04 Å². The summed E-state index contributed by atoms with van der Waals surface area (Å²) in [5.74, 6) is 0.907. The Kier molecular flexibility index (Phi) is 6.77. The first kappa shape index (κ1) is 22.9. The number of thiophene rings is 1. The second-order valence-corrected chi connectivity index (χ2v) is 9.69. The summed E-state index contributed by atoms with van der Waals surface area (Å²) in [5, 5.41) is 33.6. The molecule has 0 amide bonds. The van der Waals surface area contributed by atoms with E-state index in [0.29, 0.717) is 12.2 Å². The van der Waals surface area contributed by atoms with Crippen molar-refractivity contribution in [3.05, 3.63) is 34.2 Å². The highest BCUT2D eigenvalue weighted by molar-refractivity contribution is 7.91. The van der Waals surface area contributed by atoms with Crippen molar-refractivity contribution in [3.63, 3.8) is 0 Å². The van der Waals surface area contributed by atoms with E-state index in [2.05, 4.69) is 15.8 Å². The fourth-order valence-corrected chi connectivity index (χ4v) is 5.87. The van der Waals surface area contributed by atoms with Crippen LogP contribution >= 0.6 is 11.3 Å². The van der Waals surface area contributed by atoms with Crippen LogP contribution in [0, 0.1) is 12.1 Å². The molecule has 0 aliphatic carbocycles. The molecular weight excluding hydrogens is 446 g/mol. The molecule has 0 fully saturated rings. The minimum absolute atomic E-state index is 0.0495. The number of anilines is 3. The van der Waals surface area contributed by atoms with Crippen molar-refractivity contribution in [1.29, 1.82) is 0 Å². The molecule has 0 unspecified atom stereocenters. The van der Waals surface area contributed by atoms with Gasteiger partial charge >= 0.3 is 5.82 Å². The molecule has 0 saturated heterocycles. The Morgan fingerprint density at radius 1 is 1.32 bits per heavy atom. The van der Waals surface area contributed by atoms with Gasteiger partial charge < -0.3 is 24.7 Å². The van der Waals surface area contributed by atoms with Gasteiger partial charge in [-0.25, -0.2) is 8.42 Å². The van der Waals surface area contributed by atoms with E-state index in [-0.39, 0.29) is 45.6 Å². The number of aromatic nitrogens is 2. The van der Waals surface area contributed by atoms with E-state index in [1.807, 2.05) is 26.0 Å². The Labute approximate surface area is 183 Å².